The Kier molecular flexibility index (Phi) is 3.29. The largest absolute Gasteiger partial charge is 0.390 e. The van der Waals surface area contributed by atoms with Crippen LogP contribution in [-0.2, 0) is 0 Å². The summed E-state index contributed by atoms with van der Waals surface area (Å²) >= 11 is 0. The van der Waals surface area contributed by atoms with Crippen molar-refractivity contribution in [1.82, 2.24) is 5.01 Å². The van der Waals surface area contributed by atoms with E-state index in [2.05, 4.69) is 12.0 Å². The van der Waals surface area contributed by atoms with E-state index in [1.54, 1.807) is 0 Å². The third kappa shape index (κ3) is 2.08. The van der Waals surface area contributed by atoms with Crippen molar-refractivity contribution in [3.63, 3.8) is 0 Å². The molecule has 68 valence electrons. The maximum absolute atomic E-state index is 9.00. The Morgan fingerprint density at radius 2 is 2.42 bits per heavy atom. The molecule has 3 heteroatoms. The van der Waals surface area contributed by atoms with Crippen molar-refractivity contribution in [3.8, 4) is 0 Å². The van der Waals surface area contributed by atoms with Gasteiger partial charge in [0.15, 0.2) is 0 Å². The summed E-state index contributed by atoms with van der Waals surface area (Å²) < 4.78 is 0. The molecule has 0 unspecified atom stereocenters. The monoisotopic (exact) mass is 168 g/mol. The third-order valence-corrected chi connectivity index (χ3v) is 1.85. The van der Waals surface area contributed by atoms with Gasteiger partial charge in [0.1, 0.15) is 0 Å². The zero-order chi connectivity index (χ0) is 8.97. The van der Waals surface area contributed by atoms with Gasteiger partial charge in [0.25, 0.3) is 0 Å². The Bertz CT molecular complexity index is 209. The minimum absolute atomic E-state index is 0.0940. The smallest absolute Gasteiger partial charge is 0.0846 e. The molecule has 0 radical (unpaired) electrons. The van der Waals surface area contributed by atoms with Gasteiger partial charge in [0, 0.05) is 18.7 Å². The van der Waals surface area contributed by atoms with Gasteiger partial charge in [-0.15, -0.1) is 0 Å². The maximum atomic E-state index is 9.00. The SMILES string of the molecule is CCCN1N=C(C)CC=C1CO. The van der Waals surface area contributed by atoms with Gasteiger partial charge in [-0.3, -0.25) is 5.01 Å². The van der Waals surface area contributed by atoms with Gasteiger partial charge in [0.05, 0.1) is 12.3 Å². The van der Waals surface area contributed by atoms with E-state index in [0.29, 0.717) is 0 Å². The van der Waals surface area contributed by atoms with Crippen LogP contribution in [0.3, 0.4) is 0 Å². The highest BCUT2D eigenvalue weighted by atomic mass is 16.3. The first-order chi connectivity index (χ1) is 5.77. The number of aliphatic hydroxyl groups is 1. The molecule has 1 heterocycles. The van der Waals surface area contributed by atoms with E-state index in [-0.39, 0.29) is 6.61 Å². The Hall–Kier alpha value is -0.830. The average molecular weight is 168 g/mol. The van der Waals surface area contributed by atoms with Crippen LogP contribution in [-0.4, -0.2) is 29.0 Å². The molecule has 0 aliphatic carbocycles. The number of hydrogen-bond acceptors (Lipinski definition) is 3. The zero-order valence-corrected chi connectivity index (χ0v) is 7.75. The number of aliphatic hydroxyl groups excluding tert-OH is 1. The van der Waals surface area contributed by atoms with Crippen molar-refractivity contribution in [2.75, 3.05) is 13.2 Å². The van der Waals surface area contributed by atoms with Crippen LogP contribution in [0, 0.1) is 0 Å². The third-order valence-electron chi connectivity index (χ3n) is 1.85. The Labute approximate surface area is 73.4 Å². The molecular formula is C9H16N2O. The lowest BCUT2D eigenvalue weighted by Crippen LogP contribution is -2.24. The lowest BCUT2D eigenvalue weighted by atomic mass is 10.2. The summed E-state index contributed by atoms with van der Waals surface area (Å²) in [7, 11) is 0. The standard InChI is InChI=1S/C9H16N2O/c1-3-6-11-9(7-12)5-4-8(2)10-11/h5,12H,3-4,6-7H2,1-2H3. The van der Waals surface area contributed by atoms with Crippen molar-refractivity contribution >= 4 is 5.71 Å². The first-order valence-electron chi connectivity index (χ1n) is 4.39. The molecule has 0 saturated heterocycles. The Balaban J connectivity index is 2.63. The molecule has 0 saturated carbocycles. The molecule has 0 aromatic rings. The summed E-state index contributed by atoms with van der Waals surface area (Å²) in [4.78, 5) is 0. The van der Waals surface area contributed by atoms with E-state index in [9.17, 15) is 0 Å². The number of hydrogen-bond donors (Lipinski definition) is 1. The van der Waals surface area contributed by atoms with E-state index in [0.717, 1.165) is 30.8 Å². The highest BCUT2D eigenvalue weighted by Crippen LogP contribution is 2.12. The number of allylic oxidation sites excluding steroid dienone is 1. The van der Waals surface area contributed by atoms with E-state index in [1.807, 2.05) is 18.0 Å². The van der Waals surface area contributed by atoms with Crippen LogP contribution in [0.4, 0.5) is 0 Å². The first kappa shape index (κ1) is 9.26. The second-order valence-electron chi connectivity index (χ2n) is 3.02. The first-order valence-corrected chi connectivity index (χ1v) is 4.39. The Morgan fingerprint density at radius 1 is 1.67 bits per heavy atom. The summed E-state index contributed by atoms with van der Waals surface area (Å²) in [5.41, 5.74) is 2.04. The topological polar surface area (TPSA) is 35.8 Å². The van der Waals surface area contributed by atoms with Crippen molar-refractivity contribution < 1.29 is 5.11 Å². The van der Waals surface area contributed by atoms with Gasteiger partial charge >= 0.3 is 0 Å². The second-order valence-corrected chi connectivity index (χ2v) is 3.02. The van der Waals surface area contributed by atoms with Crippen LogP contribution in [0.15, 0.2) is 16.9 Å². The van der Waals surface area contributed by atoms with Crippen LogP contribution in [0.2, 0.25) is 0 Å². The van der Waals surface area contributed by atoms with Gasteiger partial charge in [-0.25, -0.2) is 0 Å². The van der Waals surface area contributed by atoms with Crippen molar-refractivity contribution in [2.45, 2.75) is 26.7 Å². The molecule has 0 bridgehead atoms. The predicted octanol–water partition coefficient (Wildman–Crippen LogP) is 1.35. The molecular weight excluding hydrogens is 152 g/mol. The minimum atomic E-state index is 0.0940. The molecule has 12 heavy (non-hydrogen) atoms. The molecule has 1 aliphatic heterocycles. The lowest BCUT2D eigenvalue weighted by Gasteiger charge is -2.24. The molecule has 0 atom stereocenters. The fraction of sp³-hybridized carbons (Fsp3) is 0.667. The summed E-state index contributed by atoms with van der Waals surface area (Å²) in [6.07, 6.45) is 3.96. The molecule has 0 aromatic heterocycles. The molecule has 0 fully saturated rings. The average Bonchev–Trinajstić information content (AvgIpc) is 2.05. The zero-order valence-electron chi connectivity index (χ0n) is 7.75. The quantitative estimate of drug-likeness (QED) is 0.690. The molecule has 1 aliphatic rings. The summed E-state index contributed by atoms with van der Waals surface area (Å²) in [5.74, 6) is 0. The fourth-order valence-corrected chi connectivity index (χ4v) is 1.23. The van der Waals surface area contributed by atoms with Crippen LogP contribution in [0.5, 0.6) is 0 Å². The number of rotatable bonds is 3. The normalized spacial score (nSPS) is 17.4. The number of nitrogens with zero attached hydrogens (tertiary/aromatic N) is 2. The molecule has 1 N–H and O–H groups in total. The van der Waals surface area contributed by atoms with Gasteiger partial charge in [0.2, 0.25) is 0 Å². The number of hydrazone groups is 1. The molecule has 0 aromatic carbocycles. The molecule has 0 amide bonds. The minimum Gasteiger partial charge on any atom is -0.390 e. The highest BCUT2D eigenvalue weighted by molar-refractivity contribution is 5.83. The van der Waals surface area contributed by atoms with E-state index < -0.39 is 0 Å². The maximum Gasteiger partial charge on any atom is 0.0846 e. The van der Waals surface area contributed by atoms with Crippen molar-refractivity contribution in [1.29, 1.82) is 0 Å². The van der Waals surface area contributed by atoms with Crippen LogP contribution >= 0.6 is 0 Å². The van der Waals surface area contributed by atoms with E-state index >= 15 is 0 Å². The van der Waals surface area contributed by atoms with Crippen LogP contribution in [0.25, 0.3) is 0 Å². The second kappa shape index (κ2) is 4.26. The summed E-state index contributed by atoms with van der Waals surface area (Å²) in [6.45, 7) is 5.10. The van der Waals surface area contributed by atoms with Gasteiger partial charge in [-0.05, 0) is 13.3 Å². The van der Waals surface area contributed by atoms with Crippen molar-refractivity contribution in [3.05, 3.63) is 11.8 Å². The predicted molar refractivity (Wildman–Crippen MR) is 49.9 cm³/mol. The van der Waals surface area contributed by atoms with E-state index in [1.165, 1.54) is 0 Å². The summed E-state index contributed by atoms with van der Waals surface area (Å²) in [5, 5.41) is 15.2. The van der Waals surface area contributed by atoms with Gasteiger partial charge < -0.3 is 5.11 Å². The Morgan fingerprint density at radius 3 is 3.00 bits per heavy atom. The van der Waals surface area contributed by atoms with Gasteiger partial charge in [-0.1, -0.05) is 13.0 Å². The lowest BCUT2D eigenvalue weighted by molar-refractivity contribution is 0.253. The van der Waals surface area contributed by atoms with Crippen LogP contribution in [0.1, 0.15) is 26.7 Å². The highest BCUT2D eigenvalue weighted by Gasteiger charge is 2.10. The fourth-order valence-electron chi connectivity index (χ4n) is 1.23. The summed E-state index contributed by atoms with van der Waals surface area (Å²) in [6, 6.07) is 0. The van der Waals surface area contributed by atoms with Crippen molar-refractivity contribution in [2.24, 2.45) is 5.10 Å². The molecule has 0 spiro atoms. The molecule has 3 nitrogen and oxygen atoms in total. The van der Waals surface area contributed by atoms with Gasteiger partial charge in [-0.2, -0.15) is 5.10 Å². The van der Waals surface area contributed by atoms with E-state index in [4.69, 9.17) is 5.11 Å². The molecule has 1 rings (SSSR count). The van der Waals surface area contributed by atoms with Crippen LogP contribution < -0.4 is 0 Å².